The molecule has 0 bridgehead atoms. The highest BCUT2D eigenvalue weighted by Crippen LogP contribution is 2.56. The number of benzene rings is 9. The van der Waals surface area contributed by atoms with Gasteiger partial charge in [0.15, 0.2) is 0 Å². The Morgan fingerprint density at radius 2 is 0.948 bits per heavy atom. The first-order chi connectivity index (χ1) is 28.8. The Morgan fingerprint density at radius 1 is 0.345 bits per heavy atom. The van der Waals surface area contributed by atoms with E-state index < -0.39 is 5.41 Å². The molecule has 0 radical (unpaired) electrons. The third-order valence-electron chi connectivity index (χ3n) is 12.8. The molecule has 0 atom stereocenters. The van der Waals surface area contributed by atoms with E-state index in [-0.39, 0.29) is 0 Å². The Kier molecular flexibility index (Phi) is 6.37. The molecule has 270 valence electrons. The van der Waals surface area contributed by atoms with Crippen LogP contribution in [0.3, 0.4) is 0 Å². The first kappa shape index (κ1) is 31.6. The van der Waals surface area contributed by atoms with Crippen molar-refractivity contribution in [3.8, 4) is 22.5 Å². The lowest BCUT2D eigenvalue weighted by Gasteiger charge is -2.34. The molecule has 1 aliphatic carbocycles. The van der Waals surface area contributed by atoms with E-state index in [1.807, 2.05) is 12.1 Å². The van der Waals surface area contributed by atoms with E-state index in [0.717, 1.165) is 38.8 Å². The summed E-state index contributed by atoms with van der Waals surface area (Å²) in [6.45, 7) is 0. The molecule has 0 aliphatic heterocycles. The Labute approximate surface area is 334 Å². The minimum Gasteiger partial charge on any atom is -0.456 e. The van der Waals surface area contributed by atoms with Crippen molar-refractivity contribution in [2.45, 2.75) is 5.41 Å². The summed E-state index contributed by atoms with van der Waals surface area (Å²) in [7, 11) is 0. The fraction of sp³-hybridized carbons (Fsp3) is 0.0182. The molecule has 12 aromatic rings. The summed E-state index contributed by atoms with van der Waals surface area (Å²) in [6, 6.07) is 75.7. The normalized spacial score (nSPS) is 13.3. The average molecular weight is 739 g/mol. The second-order valence-corrected chi connectivity index (χ2v) is 15.6. The van der Waals surface area contributed by atoms with Gasteiger partial charge in [-0.15, -0.1) is 0 Å². The van der Waals surface area contributed by atoms with Gasteiger partial charge in [0, 0.05) is 38.0 Å². The fourth-order valence-electron chi connectivity index (χ4n) is 10.5. The standard InChI is InChI=1S/C55H34N2O/c1-2-15-35(16-3-1)55(45-22-9-4-17-38(45)39-18-5-10-23-46(39)55)36-29-31-49-43(33-36)40-19-6-11-24-47(40)57(49)51-27-14-26-50-54(51)42-21-7-12-25-48(42)56(50)37-30-32-53-44(34-37)41-20-8-13-28-52(41)58-53/h1-34H. The van der Waals surface area contributed by atoms with Gasteiger partial charge in [0.25, 0.3) is 0 Å². The second-order valence-electron chi connectivity index (χ2n) is 15.6. The highest BCUT2D eigenvalue weighted by Gasteiger charge is 2.46. The molecule has 0 saturated carbocycles. The zero-order valence-electron chi connectivity index (χ0n) is 31.4. The van der Waals surface area contributed by atoms with Gasteiger partial charge >= 0.3 is 0 Å². The second kappa shape index (κ2) is 11.7. The first-order valence-corrected chi connectivity index (χ1v) is 20.0. The van der Waals surface area contributed by atoms with Crippen LogP contribution in [0.15, 0.2) is 211 Å². The van der Waals surface area contributed by atoms with E-state index in [1.165, 1.54) is 71.5 Å². The summed E-state index contributed by atoms with van der Waals surface area (Å²) in [4.78, 5) is 0. The van der Waals surface area contributed by atoms with Crippen LogP contribution < -0.4 is 0 Å². The van der Waals surface area contributed by atoms with Crippen LogP contribution in [-0.4, -0.2) is 9.13 Å². The third-order valence-corrected chi connectivity index (χ3v) is 12.8. The molecule has 0 saturated heterocycles. The van der Waals surface area contributed by atoms with Crippen molar-refractivity contribution < 1.29 is 4.42 Å². The van der Waals surface area contributed by atoms with Gasteiger partial charge in [0.2, 0.25) is 0 Å². The minimum absolute atomic E-state index is 0.472. The lowest BCUT2D eigenvalue weighted by molar-refractivity contribution is 0.669. The van der Waals surface area contributed by atoms with Crippen molar-refractivity contribution >= 4 is 65.6 Å². The van der Waals surface area contributed by atoms with Crippen molar-refractivity contribution in [2.75, 3.05) is 0 Å². The number of furan rings is 1. The quantitative estimate of drug-likeness (QED) is 0.176. The van der Waals surface area contributed by atoms with Crippen molar-refractivity contribution in [3.05, 3.63) is 229 Å². The smallest absolute Gasteiger partial charge is 0.135 e. The van der Waals surface area contributed by atoms with Gasteiger partial charge in [-0.3, -0.25) is 0 Å². The number of fused-ring (bicyclic) bond motifs is 12. The van der Waals surface area contributed by atoms with Crippen LogP contribution in [-0.2, 0) is 5.41 Å². The van der Waals surface area contributed by atoms with Crippen molar-refractivity contribution in [1.82, 2.24) is 9.13 Å². The summed E-state index contributed by atoms with van der Waals surface area (Å²) in [5, 5.41) is 7.16. The lowest BCUT2D eigenvalue weighted by atomic mass is 9.67. The van der Waals surface area contributed by atoms with E-state index in [4.69, 9.17) is 4.42 Å². The molecule has 0 unspecified atom stereocenters. The van der Waals surface area contributed by atoms with Gasteiger partial charge in [-0.1, -0.05) is 146 Å². The van der Waals surface area contributed by atoms with Gasteiger partial charge in [0.1, 0.15) is 11.2 Å². The van der Waals surface area contributed by atoms with Crippen LogP contribution in [0, 0.1) is 0 Å². The van der Waals surface area contributed by atoms with Crippen LogP contribution in [0.1, 0.15) is 22.3 Å². The Bertz CT molecular complexity index is 3590. The van der Waals surface area contributed by atoms with Crippen LogP contribution in [0.5, 0.6) is 0 Å². The first-order valence-electron chi connectivity index (χ1n) is 20.0. The Hall–Kier alpha value is -7.62. The lowest BCUT2D eigenvalue weighted by Crippen LogP contribution is -2.28. The summed E-state index contributed by atoms with van der Waals surface area (Å²) >= 11 is 0. The molecule has 58 heavy (non-hydrogen) atoms. The van der Waals surface area contributed by atoms with Crippen molar-refractivity contribution in [2.24, 2.45) is 0 Å². The molecular weight excluding hydrogens is 705 g/mol. The van der Waals surface area contributed by atoms with Crippen molar-refractivity contribution in [3.63, 3.8) is 0 Å². The number of para-hydroxylation sites is 3. The maximum Gasteiger partial charge on any atom is 0.135 e. The van der Waals surface area contributed by atoms with Gasteiger partial charge in [-0.25, -0.2) is 0 Å². The van der Waals surface area contributed by atoms with E-state index >= 15 is 0 Å². The SMILES string of the molecule is c1ccc(C2(c3ccc4c(c3)c3ccccc3n4-c3cccc4c3c3ccccc3n4-c3ccc4oc5ccccc5c4c3)c3ccccc3-c3ccccc32)cc1. The van der Waals surface area contributed by atoms with Crippen LogP contribution in [0.4, 0.5) is 0 Å². The average Bonchev–Trinajstić information content (AvgIpc) is 4.02. The maximum absolute atomic E-state index is 6.24. The van der Waals surface area contributed by atoms with Crippen LogP contribution in [0.2, 0.25) is 0 Å². The minimum atomic E-state index is -0.472. The monoisotopic (exact) mass is 738 g/mol. The molecule has 9 aromatic carbocycles. The predicted molar refractivity (Wildman–Crippen MR) is 240 cm³/mol. The van der Waals surface area contributed by atoms with Crippen molar-refractivity contribution in [1.29, 1.82) is 0 Å². The van der Waals surface area contributed by atoms with Crippen LogP contribution in [0.25, 0.3) is 88.1 Å². The van der Waals surface area contributed by atoms with E-state index in [2.05, 4.69) is 203 Å². The molecule has 3 heteroatoms. The van der Waals surface area contributed by atoms with Gasteiger partial charge in [-0.05, 0) is 94.0 Å². The Balaban J connectivity index is 1.09. The number of aromatic nitrogens is 2. The molecule has 0 spiro atoms. The molecular formula is C55H34N2O. The maximum atomic E-state index is 6.24. The van der Waals surface area contributed by atoms with Crippen LogP contribution >= 0.6 is 0 Å². The molecule has 0 amide bonds. The fourth-order valence-corrected chi connectivity index (χ4v) is 10.5. The highest BCUT2D eigenvalue weighted by molar-refractivity contribution is 6.17. The summed E-state index contributed by atoms with van der Waals surface area (Å²) < 4.78 is 11.2. The Morgan fingerprint density at radius 3 is 1.74 bits per heavy atom. The number of rotatable bonds is 4. The molecule has 3 heterocycles. The third kappa shape index (κ3) is 4.07. The van der Waals surface area contributed by atoms with Gasteiger partial charge in [-0.2, -0.15) is 0 Å². The summed E-state index contributed by atoms with van der Waals surface area (Å²) in [5.41, 5.74) is 16.1. The molecule has 0 N–H and O–H groups in total. The molecule has 13 rings (SSSR count). The number of nitrogens with zero attached hydrogens (tertiary/aromatic N) is 2. The van der Waals surface area contributed by atoms with Gasteiger partial charge in [0.05, 0.1) is 33.2 Å². The highest BCUT2D eigenvalue weighted by atomic mass is 16.3. The molecule has 3 nitrogen and oxygen atoms in total. The molecule has 3 aromatic heterocycles. The van der Waals surface area contributed by atoms with E-state index in [1.54, 1.807) is 0 Å². The van der Waals surface area contributed by atoms with E-state index in [0.29, 0.717) is 0 Å². The largest absolute Gasteiger partial charge is 0.456 e. The van der Waals surface area contributed by atoms with E-state index in [9.17, 15) is 0 Å². The predicted octanol–water partition coefficient (Wildman–Crippen LogP) is 14.1. The topological polar surface area (TPSA) is 23.0 Å². The molecule has 1 aliphatic rings. The zero-order valence-corrected chi connectivity index (χ0v) is 31.4. The zero-order chi connectivity index (χ0) is 38.0. The molecule has 0 fully saturated rings. The summed E-state index contributed by atoms with van der Waals surface area (Å²) in [6.07, 6.45) is 0. The summed E-state index contributed by atoms with van der Waals surface area (Å²) in [5.74, 6) is 0. The van der Waals surface area contributed by atoms with Gasteiger partial charge < -0.3 is 13.6 Å². The number of hydrogen-bond donors (Lipinski definition) is 0. The number of hydrogen-bond acceptors (Lipinski definition) is 1.